The molecule has 0 saturated carbocycles. The summed E-state index contributed by atoms with van der Waals surface area (Å²) in [5.41, 5.74) is 0.477. The van der Waals surface area contributed by atoms with Crippen LogP contribution in [0.3, 0.4) is 0 Å². The van der Waals surface area contributed by atoms with E-state index in [9.17, 15) is 18.0 Å². The Morgan fingerprint density at radius 2 is 1.79 bits per heavy atom. The highest BCUT2D eigenvalue weighted by Gasteiger charge is 2.37. The van der Waals surface area contributed by atoms with Crippen LogP contribution < -0.4 is 5.32 Å². The Kier molecular flexibility index (Phi) is 6.56. The van der Waals surface area contributed by atoms with Gasteiger partial charge in [0.1, 0.15) is 6.04 Å². The zero-order valence-electron chi connectivity index (χ0n) is 15.8. The smallest absolute Gasteiger partial charge is 0.339 e. The largest absolute Gasteiger partial charge is 0.465 e. The van der Waals surface area contributed by atoms with Gasteiger partial charge in [-0.3, -0.25) is 4.79 Å². The number of sulfonamides is 1. The molecule has 7 nitrogen and oxygen atoms in total. The van der Waals surface area contributed by atoms with E-state index in [1.165, 1.54) is 41.7 Å². The normalized spacial score (nSPS) is 17.5. The van der Waals surface area contributed by atoms with Crippen LogP contribution in [-0.4, -0.2) is 44.3 Å². The number of nitrogens with zero attached hydrogens (tertiary/aromatic N) is 1. The van der Waals surface area contributed by atoms with Crippen LogP contribution in [0.15, 0.2) is 53.4 Å². The van der Waals surface area contributed by atoms with Gasteiger partial charge in [0.05, 0.1) is 23.3 Å². The summed E-state index contributed by atoms with van der Waals surface area (Å²) in [5, 5.41) is 3.12. The Morgan fingerprint density at radius 1 is 1.10 bits per heavy atom. The van der Waals surface area contributed by atoms with Gasteiger partial charge in [-0.25, -0.2) is 13.2 Å². The van der Waals surface area contributed by atoms with Crippen LogP contribution in [0, 0.1) is 0 Å². The van der Waals surface area contributed by atoms with Crippen molar-refractivity contribution in [2.75, 3.05) is 19.0 Å². The van der Waals surface area contributed by atoms with E-state index in [-0.39, 0.29) is 22.7 Å². The van der Waals surface area contributed by atoms with Crippen molar-refractivity contribution in [3.63, 3.8) is 0 Å². The summed E-state index contributed by atoms with van der Waals surface area (Å²) >= 11 is 5.86. The number of carbonyl (C=O) groups excluding carboxylic acids is 2. The first-order valence-corrected chi connectivity index (χ1v) is 10.9. The summed E-state index contributed by atoms with van der Waals surface area (Å²) in [5.74, 6) is -1.08. The third-order valence-corrected chi connectivity index (χ3v) is 6.94. The van der Waals surface area contributed by atoms with E-state index >= 15 is 0 Å². The van der Waals surface area contributed by atoms with Crippen molar-refractivity contribution in [1.29, 1.82) is 0 Å². The van der Waals surface area contributed by atoms with Gasteiger partial charge in [-0.05, 0) is 49.2 Å². The van der Waals surface area contributed by atoms with Crippen molar-refractivity contribution in [2.24, 2.45) is 0 Å². The van der Waals surface area contributed by atoms with Gasteiger partial charge in [-0.15, -0.1) is 0 Å². The number of benzene rings is 2. The number of halogens is 1. The maximum Gasteiger partial charge on any atom is 0.339 e. The highest BCUT2D eigenvalue weighted by Crippen LogP contribution is 2.27. The summed E-state index contributed by atoms with van der Waals surface area (Å²) in [4.78, 5) is 25.0. The second-order valence-electron chi connectivity index (χ2n) is 6.61. The lowest BCUT2D eigenvalue weighted by Gasteiger charge is -2.33. The quantitative estimate of drug-likeness (QED) is 0.726. The Bertz CT molecular complexity index is 1010. The number of hydrogen-bond acceptors (Lipinski definition) is 5. The fourth-order valence-corrected chi connectivity index (χ4v) is 5.08. The van der Waals surface area contributed by atoms with Crippen LogP contribution in [0.5, 0.6) is 0 Å². The molecule has 1 saturated heterocycles. The summed E-state index contributed by atoms with van der Waals surface area (Å²) in [6, 6.07) is 11.4. The minimum atomic E-state index is -3.87. The predicted octanol–water partition coefficient (Wildman–Crippen LogP) is 3.31. The molecule has 3 rings (SSSR count). The molecule has 9 heteroatoms. The van der Waals surface area contributed by atoms with E-state index in [0.29, 0.717) is 17.9 Å². The highest BCUT2D eigenvalue weighted by atomic mass is 35.5. The first-order valence-electron chi connectivity index (χ1n) is 9.10. The van der Waals surface area contributed by atoms with E-state index in [4.69, 9.17) is 16.3 Å². The monoisotopic (exact) mass is 436 g/mol. The second-order valence-corrected chi connectivity index (χ2v) is 8.93. The van der Waals surface area contributed by atoms with Crippen molar-refractivity contribution < 1.29 is 22.7 Å². The number of esters is 1. The minimum absolute atomic E-state index is 0.0801. The summed E-state index contributed by atoms with van der Waals surface area (Å²) in [6.07, 6.45) is 1.78. The molecule has 0 aromatic heterocycles. The van der Waals surface area contributed by atoms with E-state index in [1.54, 1.807) is 18.2 Å². The number of rotatable bonds is 5. The number of methoxy groups -OCH3 is 1. The predicted molar refractivity (Wildman–Crippen MR) is 109 cm³/mol. The number of anilines is 1. The number of amides is 1. The molecular formula is C20H21ClN2O5S. The Labute approximate surface area is 174 Å². The van der Waals surface area contributed by atoms with Crippen molar-refractivity contribution in [2.45, 2.75) is 30.2 Å². The zero-order valence-corrected chi connectivity index (χ0v) is 17.4. The Balaban J connectivity index is 1.88. The Hall–Kier alpha value is -2.42. The molecule has 1 aliphatic heterocycles. The van der Waals surface area contributed by atoms with Crippen LogP contribution in [0.2, 0.25) is 5.02 Å². The fraction of sp³-hybridized carbons (Fsp3) is 0.300. The number of hydrogen-bond donors (Lipinski definition) is 1. The molecule has 2 aromatic rings. The van der Waals surface area contributed by atoms with Gasteiger partial charge in [0, 0.05) is 11.6 Å². The molecule has 154 valence electrons. The van der Waals surface area contributed by atoms with E-state index < -0.39 is 27.9 Å². The molecule has 0 radical (unpaired) electrons. The van der Waals surface area contributed by atoms with E-state index in [2.05, 4.69) is 5.32 Å². The van der Waals surface area contributed by atoms with Crippen LogP contribution in [-0.2, 0) is 19.6 Å². The van der Waals surface area contributed by atoms with Crippen molar-refractivity contribution in [3.05, 3.63) is 59.1 Å². The third-order valence-electron chi connectivity index (χ3n) is 4.77. The maximum atomic E-state index is 13.1. The highest BCUT2D eigenvalue weighted by molar-refractivity contribution is 7.89. The molecule has 1 N–H and O–H groups in total. The average molecular weight is 437 g/mol. The molecule has 29 heavy (non-hydrogen) atoms. The molecule has 1 amide bonds. The van der Waals surface area contributed by atoms with Crippen LogP contribution in [0.4, 0.5) is 5.69 Å². The molecule has 1 heterocycles. The second kappa shape index (κ2) is 8.94. The lowest BCUT2D eigenvalue weighted by atomic mass is 10.0. The van der Waals surface area contributed by atoms with Crippen molar-refractivity contribution in [3.8, 4) is 0 Å². The minimum Gasteiger partial charge on any atom is -0.465 e. The first-order chi connectivity index (χ1) is 13.8. The molecule has 1 atom stereocenters. The van der Waals surface area contributed by atoms with Gasteiger partial charge in [0.15, 0.2) is 0 Å². The lowest BCUT2D eigenvalue weighted by Crippen LogP contribution is -2.49. The fourth-order valence-electron chi connectivity index (χ4n) is 3.29. The van der Waals surface area contributed by atoms with Crippen LogP contribution >= 0.6 is 11.6 Å². The number of nitrogens with one attached hydrogen (secondary N) is 1. The summed E-state index contributed by atoms with van der Waals surface area (Å²) < 4.78 is 32.2. The van der Waals surface area contributed by atoms with Gasteiger partial charge >= 0.3 is 5.97 Å². The van der Waals surface area contributed by atoms with E-state index in [1.807, 2.05) is 0 Å². The standard InChI is InChI=1S/C20H21ClN2O5S/c1-28-20(25)16-6-2-3-7-17(16)22-19(24)18-8-4-5-13-23(18)29(26,27)15-11-9-14(21)10-12-15/h2-3,6-7,9-12,18H,4-5,8,13H2,1H3,(H,22,24)/t18-/m1/s1. The molecule has 0 aliphatic carbocycles. The van der Waals surface area contributed by atoms with Gasteiger partial charge in [0.2, 0.25) is 15.9 Å². The Morgan fingerprint density at radius 3 is 2.48 bits per heavy atom. The van der Waals surface area contributed by atoms with Gasteiger partial charge < -0.3 is 10.1 Å². The molecule has 1 aliphatic rings. The van der Waals surface area contributed by atoms with Crippen LogP contribution in [0.25, 0.3) is 0 Å². The van der Waals surface area contributed by atoms with Gasteiger partial charge in [0.25, 0.3) is 0 Å². The number of piperidine rings is 1. The lowest BCUT2D eigenvalue weighted by molar-refractivity contribution is -0.120. The van der Waals surface area contributed by atoms with Gasteiger partial charge in [-0.2, -0.15) is 4.31 Å². The first kappa shape index (κ1) is 21.3. The van der Waals surface area contributed by atoms with Crippen molar-refractivity contribution >= 4 is 39.2 Å². The SMILES string of the molecule is COC(=O)c1ccccc1NC(=O)[C@H]1CCCCN1S(=O)(=O)c1ccc(Cl)cc1. The van der Waals surface area contributed by atoms with Crippen LogP contribution in [0.1, 0.15) is 29.6 Å². The number of para-hydroxylation sites is 1. The topological polar surface area (TPSA) is 92.8 Å². The molecule has 0 spiro atoms. The summed E-state index contributed by atoms with van der Waals surface area (Å²) in [7, 11) is -2.62. The number of ether oxygens (including phenoxy) is 1. The molecule has 0 unspecified atom stereocenters. The summed E-state index contributed by atoms with van der Waals surface area (Å²) in [6.45, 7) is 0.238. The molecular weight excluding hydrogens is 416 g/mol. The molecule has 2 aromatic carbocycles. The van der Waals surface area contributed by atoms with Crippen molar-refractivity contribution in [1.82, 2.24) is 4.31 Å². The van der Waals surface area contributed by atoms with Gasteiger partial charge in [-0.1, -0.05) is 30.2 Å². The molecule has 1 fully saturated rings. The molecule has 0 bridgehead atoms. The number of carbonyl (C=O) groups is 2. The average Bonchev–Trinajstić information content (AvgIpc) is 2.74. The van der Waals surface area contributed by atoms with E-state index in [0.717, 1.165) is 6.42 Å². The third kappa shape index (κ3) is 4.60. The zero-order chi connectivity index (χ0) is 21.0. The maximum absolute atomic E-state index is 13.1.